The van der Waals surface area contributed by atoms with Crippen LogP contribution in [0.2, 0.25) is 0 Å². The van der Waals surface area contributed by atoms with Gasteiger partial charge >= 0.3 is 0 Å². The summed E-state index contributed by atoms with van der Waals surface area (Å²) in [5.74, 6) is 0.609. The Bertz CT molecular complexity index is 376. The molecule has 5 nitrogen and oxygen atoms in total. The molecule has 106 valence electrons. The molecule has 1 fully saturated rings. The highest BCUT2D eigenvalue weighted by molar-refractivity contribution is 5.07. The Kier molecular flexibility index (Phi) is 5.10. The summed E-state index contributed by atoms with van der Waals surface area (Å²) in [6, 6.07) is 1.23. The molecule has 1 N–H and O–H groups in total. The zero-order valence-corrected chi connectivity index (χ0v) is 12.1. The Balaban J connectivity index is 1.68. The minimum absolute atomic E-state index is 0.454. The van der Waals surface area contributed by atoms with E-state index in [1.54, 1.807) is 12.4 Å². The lowest BCUT2D eigenvalue weighted by Crippen LogP contribution is -2.26. The maximum absolute atomic E-state index is 5.60. The highest BCUT2D eigenvalue weighted by Gasteiger charge is 2.25. The third-order valence-corrected chi connectivity index (χ3v) is 3.24. The van der Waals surface area contributed by atoms with Crippen LogP contribution in [0.4, 0.5) is 0 Å². The monoisotopic (exact) mass is 264 g/mol. The Morgan fingerprint density at radius 2 is 2.16 bits per heavy atom. The van der Waals surface area contributed by atoms with E-state index in [9.17, 15) is 0 Å². The predicted molar refractivity (Wildman–Crippen MR) is 75.2 cm³/mol. The molecular formula is C14H24N4O. The van der Waals surface area contributed by atoms with Crippen LogP contribution in [0, 0.1) is 0 Å². The molecule has 0 radical (unpaired) electrons. The smallest absolute Gasteiger partial charge is 0.232 e. The van der Waals surface area contributed by atoms with Crippen molar-refractivity contribution < 1.29 is 4.74 Å². The van der Waals surface area contributed by atoms with Crippen LogP contribution in [0.1, 0.15) is 32.4 Å². The summed E-state index contributed by atoms with van der Waals surface area (Å²) < 4.78 is 5.60. The van der Waals surface area contributed by atoms with E-state index in [1.165, 1.54) is 12.8 Å². The van der Waals surface area contributed by atoms with Crippen molar-refractivity contribution in [3.63, 3.8) is 0 Å². The van der Waals surface area contributed by atoms with Crippen molar-refractivity contribution in [1.82, 2.24) is 20.2 Å². The van der Waals surface area contributed by atoms with Gasteiger partial charge in [-0.3, -0.25) is 4.98 Å². The Labute approximate surface area is 115 Å². The number of hydrogen-bond acceptors (Lipinski definition) is 5. The molecule has 1 aromatic heterocycles. The highest BCUT2D eigenvalue weighted by Crippen LogP contribution is 2.24. The minimum atomic E-state index is 0.454. The number of aromatic nitrogens is 2. The average Bonchev–Trinajstić information content (AvgIpc) is 3.22. The number of hydrogen-bond donors (Lipinski definition) is 1. The Hall–Kier alpha value is -1.20. The predicted octanol–water partition coefficient (Wildman–Crippen LogP) is 1.45. The van der Waals surface area contributed by atoms with Gasteiger partial charge in [0.05, 0.1) is 18.1 Å². The molecule has 1 aliphatic carbocycles. The molecule has 0 saturated heterocycles. The van der Waals surface area contributed by atoms with Crippen LogP contribution >= 0.6 is 0 Å². The van der Waals surface area contributed by atoms with Crippen molar-refractivity contribution in [3.8, 4) is 5.88 Å². The molecule has 0 aliphatic heterocycles. The van der Waals surface area contributed by atoms with Crippen molar-refractivity contribution in [2.24, 2.45) is 0 Å². The maximum atomic E-state index is 5.60. The van der Waals surface area contributed by atoms with Gasteiger partial charge in [-0.1, -0.05) is 13.8 Å². The fraction of sp³-hybridized carbons (Fsp3) is 0.714. The van der Waals surface area contributed by atoms with E-state index < -0.39 is 0 Å². The lowest BCUT2D eigenvalue weighted by atomic mass is 10.3. The molecule has 5 heteroatoms. The van der Waals surface area contributed by atoms with Gasteiger partial charge in [0.15, 0.2) is 0 Å². The molecule has 0 aromatic carbocycles. The van der Waals surface area contributed by atoms with Crippen LogP contribution in [-0.4, -0.2) is 47.2 Å². The minimum Gasteiger partial charge on any atom is -0.475 e. The molecule has 1 saturated carbocycles. The fourth-order valence-corrected chi connectivity index (χ4v) is 1.81. The number of likely N-dealkylation sites (N-methyl/N-ethyl adjacent to an activating group) is 1. The Morgan fingerprint density at radius 1 is 1.37 bits per heavy atom. The summed E-state index contributed by atoms with van der Waals surface area (Å²) >= 11 is 0. The Morgan fingerprint density at radius 3 is 2.74 bits per heavy atom. The zero-order valence-electron chi connectivity index (χ0n) is 12.1. The van der Waals surface area contributed by atoms with Crippen molar-refractivity contribution in [1.29, 1.82) is 0 Å². The number of nitrogens with zero attached hydrogens (tertiary/aromatic N) is 3. The molecule has 0 atom stereocenters. The van der Waals surface area contributed by atoms with Crippen LogP contribution in [0.3, 0.4) is 0 Å². The fourth-order valence-electron chi connectivity index (χ4n) is 1.81. The first-order chi connectivity index (χ1) is 9.15. The molecule has 2 rings (SSSR count). The van der Waals surface area contributed by atoms with Gasteiger partial charge in [-0.05, 0) is 19.9 Å². The van der Waals surface area contributed by atoms with Crippen LogP contribution in [0.15, 0.2) is 12.4 Å². The average molecular weight is 264 g/mol. The summed E-state index contributed by atoms with van der Waals surface area (Å²) in [6.45, 7) is 6.59. The van der Waals surface area contributed by atoms with E-state index >= 15 is 0 Å². The first-order valence-electron chi connectivity index (χ1n) is 7.02. The third-order valence-electron chi connectivity index (χ3n) is 3.24. The molecule has 0 spiro atoms. The largest absolute Gasteiger partial charge is 0.475 e. The molecule has 0 bridgehead atoms. The lowest BCUT2D eigenvalue weighted by molar-refractivity contribution is 0.225. The zero-order chi connectivity index (χ0) is 13.7. The normalized spacial score (nSPS) is 15.2. The number of rotatable bonds is 8. The van der Waals surface area contributed by atoms with E-state index in [1.807, 2.05) is 0 Å². The molecule has 0 unspecified atom stereocenters. The second kappa shape index (κ2) is 6.82. The van der Waals surface area contributed by atoms with Gasteiger partial charge < -0.3 is 15.0 Å². The SMILES string of the molecule is CC(C)NCc1cnc(OCCN(C)C2CC2)cn1. The first kappa shape index (κ1) is 14.2. The standard InChI is InChI=1S/C14H24N4O/c1-11(2)15-8-12-9-17-14(10-16-12)19-7-6-18(3)13-4-5-13/h9-11,13,15H,4-8H2,1-3H3. The van der Waals surface area contributed by atoms with E-state index in [0.717, 1.165) is 24.8 Å². The van der Waals surface area contributed by atoms with Gasteiger partial charge in [0, 0.05) is 25.2 Å². The van der Waals surface area contributed by atoms with E-state index in [0.29, 0.717) is 18.5 Å². The van der Waals surface area contributed by atoms with Crippen molar-refractivity contribution in [2.75, 3.05) is 20.2 Å². The summed E-state index contributed by atoms with van der Waals surface area (Å²) in [4.78, 5) is 10.9. The second-order valence-corrected chi connectivity index (χ2v) is 5.44. The number of ether oxygens (including phenoxy) is 1. The van der Waals surface area contributed by atoms with Gasteiger partial charge in [0.2, 0.25) is 5.88 Å². The number of nitrogens with one attached hydrogen (secondary N) is 1. The molecule has 1 heterocycles. The summed E-state index contributed by atoms with van der Waals surface area (Å²) in [5, 5.41) is 3.31. The van der Waals surface area contributed by atoms with Crippen molar-refractivity contribution in [3.05, 3.63) is 18.1 Å². The van der Waals surface area contributed by atoms with Crippen molar-refractivity contribution in [2.45, 2.75) is 45.3 Å². The van der Waals surface area contributed by atoms with Gasteiger partial charge in [-0.15, -0.1) is 0 Å². The molecule has 1 aromatic rings. The van der Waals surface area contributed by atoms with E-state index in [2.05, 4.69) is 41.1 Å². The maximum Gasteiger partial charge on any atom is 0.232 e. The van der Waals surface area contributed by atoms with Crippen molar-refractivity contribution >= 4 is 0 Å². The molecule has 1 aliphatic rings. The third kappa shape index (κ3) is 5.12. The second-order valence-electron chi connectivity index (χ2n) is 5.44. The van der Waals surface area contributed by atoms with Crippen LogP contribution in [-0.2, 0) is 6.54 Å². The van der Waals surface area contributed by atoms with Gasteiger partial charge in [-0.25, -0.2) is 4.98 Å². The molecule has 19 heavy (non-hydrogen) atoms. The summed E-state index contributed by atoms with van der Waals surface area (Å²) in [5.41, 5.74) is 0.941. The van der Waals surface area contributed by atoms with Crippen LogP contribution in [0.5, 0.6) is 5.88 Å². The molecule has 0 amide bonds. The quantitative estimate of drug-likeness (QED) is 0.770. The van der Waals surface area contributed by atoms with E-state index in [4.69, 9.17) is 4.74 Å². The van der Waals surface area contributed by atoms with Crippen LogP contribution in [0.25, 0.3) is 0 Å². The molecular weight excluding hydrogens is 240 g/mol. The van der Waals surface area contributed by atoms with Gasteiger partial charge in [-0.2, -0.15) is 0 Å². The van der Waals surface area contributed by atoms with Crippen LogP contribution < -0.4 is 10.1 Å². The highest BCUT2D eigenvalue weighted by atomic mass is 16.5. The van der Waals surface area contributed by atoms with Gasteiger partial charge in [0.25, 0.3) is 0 Å². The summed E-state index contributed by atoms with van der Waals surface area (Å²) in [6.07, 6.45) is 6.13. The van der Waals surface area contributed by atoms with Gasteiger partial charge in [0.1, 0.15) is 6.61 Å². The first-order valence-corrected chi connectivity index (χ1v) is 7.02. The summed E-state index contributed by atoms with van der Waals surface area (Å²) in [7, 11) is 2.15. The topological polar surface area (TPSA) is 50.3 Å². The van der Waals surface area contributed by atoms with E-state index in [-0.39, 0.29) is 0 Å². The lowest BCUT2D eigenvalue weighted by Gasteiger charge is -2.15.